The van der Waals surface area contributed by atoms with Crippen LogP contribution >= 0.6 is 0 Å². The molecule has 112 valence electrons. The van der Waals surface area contributed by atoms with Gasteiger partial charge in [0.2, 0.25) is 11.8 Å². The molecule has 0 amide bonds. The first kappa shape index (κ1) is 15.1. The Bertz CT molecular complexity index is 624. The zero-order valence-corrected chi connectivity index (χ0v) is 12.1. The maximum atomic E-state index is 10.7. The summed E-state index contributed by atoms with van der Waals surface area (Å²) in [6.07, 6.45) is 1.64. The molecular formula is C14H18N4O3. The second kappa shape index (κ2) is 6.94. The van der Waals surface area contributed by atoms with Gasteiger partial charge < -0.3 is 9.73 Å². The molecule has 0 aliphatic carbocycles. The van der Waals surface area contributed by atoms with E-state index in [2.05, 4.69) is 22.4 Å². The minimum Gasteiger partial charge on any atom is -0.421 e. The standard InChI is InChI=1S/C14H18N4O3/c1-3-15-8-4-5-13-16-17-14(21-13)12-7-6-11(18(19)20)9-10(12)2/h6-7,9,15H,3-5,8H2,1-2H3. The molecule has 0 aliphatic rings. The summed E-state index contributed by atoms with van der Waals surface area (Å²) in [6.45, 7) is 5.70. The van der Waals surface area contributed by atoms with E-state index in [1.807, 2.05) is 0 Å². The van der Waals surface area contributed by atoms with Gasteiger partial charge in [0, 0.05) is 24.1 Å². The summed E-state index contributed by atoms with van der Waals surface area (Å²) in [5, 5.41) is 22.0. The molecule has 1 aromatic heterocycles. The molecule has 7 nitrogen and oxygen atoms in total. The SMILES string of the molecule is CCNCCCc1nnc(-c2ccc([N+](=O)[O-])cc2C)o1. The molecule has 7 heteroatoms. The van der Waals surface area contributed by atoms with Crippen molar-refractivity contribution in [1.29, 1.82) is 0 Å². The summed E-state index contributed by atoms with van der Waals surface area (Å²) in [5.74, 6) is 0.988. The lowest BCUT2D eigenvalue weighted by Gasteiger charge is -2.00. The van der Waals surface area contributed by atoms with Crippen LogP contribution in [0.3, 0.4) is 0 Å². The third-order valence-corrected chi connectivity index (χ3v) is 3.11. The highest BCUT2D eigenvalue weighted by atomic mass is 16.6. The van der Waals surface area contributed by atoms with Crippen LogP contribution in [0.5, 0.6) is 0 Å². The van der Waals surface area contributed by atoms with Gasteiger partial charge in [0.25, 0.3) is 5.69 Å². The van der Waals surface area contributed by atoms with Gasteiger partial charge in [-0.05, 0) is 38.1 Å². The number of benzene rings is 1. The Morgan fingerprint density at radius 3 is 2.86 bits per heavy atom. The maximum Gasteiger partial charge on any atom is 0.269 e. The van der Waals surface area contributed by atoms with E-state index in [-0.39, 0.29) is 5.69 Å². The fourth-order valence-corrected chi connectivity index (χ4v) is 2.01. The van der Waals surface area contributed by atoms with E-state index in [1.54, 1.807) is 13.0 Å². The summed E-state index contributed by atoms with van der Waals surface area (Å²) < 4.78 is 5.61. The van der Waals surface area contributed by atoms with E-state index in [9.17, 15) is 10.1 Å². The second-order valence-corrected chi connectivity index (χ2v) is 4.71. The predicted molar refractivity (Wildman–Crippen MR) is 78.0 cm³/mol. The summed E-state index contributed by atoms with van der Waals surface area (Å²) in [4.78, 5) is 10.3. The lowest BCUT2D eigenvalue weighted by atomic mass is 10.1. The lowest BCUT2D eigenvalue weighted by molar-refractivity contribution is -0.384. The zero-order valence-electron chi connectivity index (χ0n) is 12.1. The number of nitrogens with one attached hydrogen (secondary N) is 1. The van der Waals surface area contributed by atoms with Gasteiger partial charge in [-0.2, -0.15) is 0 Å². The predicted octanol–water partition coefficient (Wildman–Crippen LogP) is 2.50. The smallest absolute Gasteiger partial charge is 0.269 e. The Morgan fingerprint density at radius 2 is 2.19 bits per heavy atom. The Morgan fingerprint density at radius 1 is 1.38 bits per heavy atom. The minimum absolute atomic E-state index is 0.0571. The minimum atomic E-state index is -0.420. The molecule has 0 saturated heterocycles. The van der Waals surface area contributed by atoms with Crippen LogP contribution in [0.15, 0.2) is 22.6 Å². The normalized spacial score (nSPS) is 10.8. The topological polar surface area (TPSA) is 94.1 Å². The highest BCUT2D eigenvalue weighted by Gasteiger charge is 2.14. The number of aromatic nitrogens is 2. The quantitative estimate of drug-likeness (QED) is 0.478. The van der Waals surface area contributed by atoms with E-state index in [0.29, 0.717) is 18.2 Å². The first-order valence-electron chi connectivity index (χ1n) is 6.90. The number of hydrogen-bond donors (Lipinski definition) is 1. The molecular weight excluding hydrogens is 272 g/mol. The van der Waals surface area contributed by atoms with Crippen molar-refractivity contribution in [2.24, 2.45) is 0 Å². The number of nitro groups is 1. The number of nitro benzene ring substituents is 1. The molecule has 1 aromatic carbocycles. The second-order valence-electron chi connectivity index (χ2n) is 4.71. The van der Waals surface area contributed by atoms with Gasteiger partial charge in [-0.3, -0.25) is 10.1 Å². The number of aryl methyl sites for hydroxylation is 2. The van der Waals surface area contributed by atoms with E-state index in [4.69, 9.17) is 4.42 Å². The summed E-state index contributed by atoms with van der Waals surface area (Å²) in [5.41, 5.74) is 1.53. The third kappa shape index (κ3) is 3.85. The molecule has 0 aliphatic heterocycles. The van der Waals surface area contributed by atoms with Crippen LogP contribution in [0.1, 0.15) is 24.8 Å². The Kier molecular flexibility index (Phi) is 4.99. The van der Waals surface area contributed by atoms with Crippen molar-refractivity contribution in [3.05, 3.63) is 39.8 Å². The molecule has 0 bridgehead atoms. The third-order valence-electron chi connectivity index (χ3n) is 3.11. The van der Waals surface area contributed by atoms with Crippen molar-refractivity contribution in [3.8, 4) is 11.5 Å². The molecule has 0 radical (unpaired) electrons. The first-order valence-corrected chi connectivity index (χ1v) is 6.90. The van der Waals surface area contributed by atoms with Crippen molar-refractivity contribution in [3.63, 3.8) is 0 Å². The first-order chi connectivity index (χ1) is 10.1. The van der Waals surface area contributed by atoms with Crippen molar-refractivity contribution in [2.45, 2.75) is 26.7 Å². The summed E-state index contributed by atoms with van der Waals surface area (Å²) in [7, 11) is 0. The van der Waals surface area contributed by atoms with E-state index in [0.717, 1.165) is 30.6 Å². The number of non-ortho nitro benzene ring substituents is 1. The molecule has 0 atom stereocenters. The number of rotatable bonds is 7. The average molecular weight is 290 g/mol. The molecule has 0 unspecified atom stereocenters. The van der Waals surface area contributed by atoms with Crippen LogP contribution in [0.25, 0.3) is 11.5 Å². The number of nitrogens with zero attached hydrogens (tertiary/aromatic N) is 3. The van der Waals surface area contributed by atoms with Crippen molar-refractivity contribution >= 4 is 5.69 Å². The Balaban J connectivity index is 2.08. The molecule has 0 fully saturated rings. The Hall–Kier alpha value is -2.28. The largest absolute Gasteiger partial charge is 0.421 e. The fourth-order valence-electron chi connectivity index (χ4n) is 2.01. The molecule has 0 spiro atoms. The highest BCUT2D eigenvalue weighted by molar-refractivity contribution is 5.60. The molecule has 2 rings (SSSR count). The lowest BCUT2D eigenvalue weighted by Crippen LogP contribution is -2.14. The van der Waals surface area contributed by atoms with Crippen LogP contribution in [0.4, 0.5) is 5.69 Å². The van der Waals surface area contributed by atoms with Gasteiger partial charge in [-0.1, -0.05) is 6.92 Å². The van der Waals surface area contributed by atoms with Gasteiger partial charge in [0.15, 0.2) is 0 Å². The van der Waals surface area contributed by atoms with E-state index in [1.165, 1.54) is 12.1 Å². The van der Waals surface area contributed by atoms with Crippen LogP contribution < -0.4 is 5.32 Å². The zero-order chi connectivity index (χ0) is 15.2. The van der Waals surface area contributed by atoms with Gasteiger partial charge >= 0.3 is 0 Å². The molecule has 2 aromatic rings. The average Bonchev–Trinajstić information content (AvgIpc) is 2.92. The van der Waals surface area contributed by atoms with Gasteiger partial charge in [0.1, 0.15) is 0 Å². The maximum absolute atomic E-state index is 10.7. The molecule has 1 heterocycles. The van der Waals surface area contributed by atoms with Crippen LogP contribution in [-0.2, 0) is 6.42 Å². The van der Waals surface area contributed by atoms with Crippen LogP contribution in [0.2, 0.25) is 0 Å². The van der Waals surface area contributed by atoms with E-state index < -0.39 is 4.92 Å². The van der Waals surface area contributed by atoms with Gasteiger partial charge in [-0.25, -0.2) is 0 Å². The summed E-state index contributed by atoms with van der Waals surface area (Å²) in [6, 6.07) is 4.59. The van der Waals surface area contributed by atoms with Crippen molar-refractivity contribution < 1.29 is 9.34 Å². The van der Waals surface area contributed by atoms with Crippen molar-refractivity contribution in [1.82, 2.24) is 15.5 Å². The van der Waals surface area contributed by atoms with Crippen LogP contribution in [-0.4, -0.2) is 28.2 Å². The van der Waals surface area contributed by atoms with Crippen LogP contribution in [0, 0.1) is 17.0 Å². The Labute approximate surface area is 122 Å². The summed E-state index contributed by atoms with van der Waals surface area (Å²) >= 11 is 0. The molecule has 1 N–H and O–H groups in total. The monoisotopic (exact) mass is 290 g/mol. The fraction of sp³-hybridized carbons (Fsp3) is 0.429. The number of hydrogen-bond acceptors (Lipinski definition) is 6. The van der Waals surface area contributed by atoms with Crippen molar-refractivity contribution in [2.75, 3.05) is 13.1 Å². The highest BCUT2D eigenvalue weighted by Crippen LogP contribution is 2.25. The van der Waals surface area contributed by atoms with Gasteiger partial charge in [0.05, 0.1) is 4.92 Å². The van der Waals surface area contributed by atoms with E-state index >= 15 is 0 Å². The van der Waals surface area contributed by atoms with Gasteiger partial charge in [-0.15, -0.1) is 10.2 Å². The molecule has 21 heavy (non-hydrogen) atoms. The molecule has 0 saturated carbocycles.